The van der Waals surface area contributed by atoms with E-state index in [1.807, 2.05) is 0 Å². The van der Waals surface area contributed by atoms with Crippen molar-refractivity contribution in [3.8, 4) is 0 Å². The monoisotopic (exact) mass is 252 g/mol. The summed E-state index contributed by atoms with van der Waals surface area (Å²) < 4.78 is 0. The predicted molar refractivity (Wildman–Crippen MR) is 82.7 cm³/mol. The van der Waals surface area contributed by atoms with E-state index in [0.29, 0.717) is 5.41 Å². The minimum absolute atomic E-state index is 0.595. The topological polar surface area (TPSA) is 0 Å². The van der Waals surface area contributed by atoms with Gasteiger partial charge in [0.1, 0.15) is 0 Å². The van der Waals surface area contributed by atoms with Crippen LogP contribution in [0.3, 0.4) is 0 Å². The summed E-state index contributed by atoms with van der Waals surface area (Å²) in [6.45, 7) is 17.2. The Hall–Kier alpha value is 0. The second kappa shape index (κ2) is 6.44. The molecule has 1 rings (SSSR count). The highest BCUT2D eigenvalue weighted by Crippen LogP contribution is 2.50. The highest BCUT2D eigenvalue weighted by atomic mass is 14.5. The number of hydrogen-bond acceptors (Lipinski definition) is 0. The second-order valence-corrected chi connectivity index (χ2v) is 7.88. The Bertz CT molecular complexity index is 232. The van der Waals surface area contributed by atoms with Crippen LogP contribution in [0.25, 0.3) is 0 Å². The Morgan fingerprint density at radius 3 is 2.06 bits per heavy atom. The smallest absolute Gasteiger partial charge is 0.0295 e. The van der Waals surface area contributed by atoms with Crippen molar-refractivity contribution in [3.05, 3.63) is 0 Å². The fraction of sp³-hybridized carbons (Fsp3) is 1.00. The van der Waals surface area contributed by atoms with Crippen LogP contribution in [0.4, 0.5) is 0 Å². The number of hydrogen-bond donors (Lipinski definition) is 0. The van der Waals surface area contributed by atoms with E-state index in [2.05, 4.69) is 48.5 Å². The first-order chi connectivity index (χ1) is 8.31. The molecule has 0 aromatic rings. The third-order valence-corrected chi connectivity index (χ3v) is 5.91. The summed E-state index contributed by atoms with van der Waals surface area (Å²) in [5.74, 6) is 4.38. The summed E-state index contributed by atoms with van der Waals surface area (Å²) in [5.41, 5.74) is 0.595. The summed E-state index contributed by atoms with van der Waals surface area (Å²) in [6, 6.07) is 0. The first-order valence-electron chi connectivity index (χ1n) is 8.31. The van der Waals surface area contributed by atoms with Gasteiger partial charge in [-0.05, 0) is 47.8 Å². The molecule has 0 aromatic carbocycles. The van der Waals surface area contributed by atoms with Crippen molar-refractivity contribution in [3.63, 3.8) is 0 Å². The van der Waals surface area contributed by atoms with Crippen molar-refractivity contribution in [1.82, 2.24) is 0 Å². The van der Waals surface area contributed by atoms with Gasteiger partial charge in [-0.15, -0.1) is 0 Å². The molecule has 1 aliphatic carbocycles. The molecule has 0 aromatic heterocycles. The molecule has 0 amide bonds. The first-order valence-corrected chi connectivity index (χ1v) is 8.31. The maximum atomic E-state index is 2.58. The lowest BCUT2D eigenvalue weighted by Gasteiger charge is -2.48. The minimum atomic E-state index is 0.595. The van der Waals surface area contributed by atoms with Gasteiger partial charge in [0.15, 0.2) is 0 Å². The molecule has 1 fully saturated rings. The lowest BCUT2D eigenvalue weighted by atomic mass is 9.58. The zero-order valence-corrected chi connectivity index (χ0v) is 13.9. The van der Waals surface area contributed by atoms with Gasteiger partial charge in [-0.1, -0.05) is 67.7 Å². The Morgan fingerprint density at radius 1 is 1.06 bits per heavy atom. The molecule has 18 heavy (non-hydrogen) atoms. The van der Waals surface area contributed by atoms with Gasteiger partial charge < -0.3 is 0 Å². The Balaban J connectivity index is 2.82. The average molecular weight is 252 g/mol. The maximum absolute atomic E-state index is 2.58. The Labute approximate surface area is 116 Å². The van der Waals surface area contributed by atoms with E-state index < -0.39 is 0 Å². The second-order valence-electron chi connectivity index (χ2n) is 7.88. The van der Waals surface area contributed by atoms with Gasteiger partial charge >= 0.3 is 0 Å². The normalized spacial score (nSPS) is 31.3. The average Bonchev–Trinajstić information content (AvgIpc) is 2.28. The van der Waals surface area contributed by atoms with Crippen molar-refractivity contribution < 1.29 is 0 Å². The van der Waals surface area contributed by atoms with Gasteiger partial charge in [0.2, 0.25) is 0 Å². The van der Waals surface area contributed by atoms with Crippen molar-refractivity contribution in [1.29, 1.82) is 0 Å². The van der Waals surface area contributed by atoms with E-state index in [1.165, 1.54) is 32.1 Å². The Morgan fingerprint density at radius 2 is 1.61 bits per heavy atom. The van der Waals surface area contributed by atoms with Gasteiger partial charge in [0, 0.05) is 0 Å². The quantitative estimate of drug-likeness (QED) is 0.550. The highest BCUT2D eigenvalue weighted by Gasteiger charge is 2.41. The van der Waals surface area contributed by atoms with E-state index >= 15 is 0 Å². The third-order valence-electron chi connectivity index (χ3n) is 5.91. The molecule has 3 atom stereocenters. The summed E-state index contributed by atoms with van der Waals surface area (Å²) in [6.07, 6.45) is 7.26. The zero-order chi connectivity index (χ0) is 13.9. The molecule has 1 saturated carbocycles. The maximum Gasteiger partial charge on any atom is -0.0295 e. The van der Waals surface area contributed by atoms with Crippen LogP contribution in [-0.2, 0) is 0 Å². The van der Waals surface area contributed by atoms with E-state index in [-0.39, 0.29) is 0 Å². The van der Waals surface area contributed by atoms with Crippen LogP contribution in [0.2, 0.25) is 0 Å². The number of rotatable bonds is 5. The summed E-state index contributed by atoms with van der Waals surface area (Å²) in [4.78, 5) is 0. The van der Waals surface area contributed by atoms with Crippen LogP contribution in [-0.4, -0.2) is 0 Å². The minimum Gasteiger partial charge on any atom is -0.0651 e. The molecule has 0 aliphatic heterocycles. The first kappa shape index (κ1) is 16.1. The lowest BCUT2D eigenvalue weighted by Crippen LogP contribution is -2.39. The van der Waals surface area contributed by atoms with Gasteiger partial charge in [0.25, 0.3) is 0 Å². The van der Waals surface area contributed by atoms with Crippen LogP contribution >= 0.6 is 0 Å². The molecule has 0 heteroatoms. The molecule has 0 saturated heterocycles. The molecule has 0 spiro atoms. The van der Waals surface area contributed by atoms with Crippen LogP contribution in [0.5, 0.6) is 0 Å². The predicted octanol–water partition coefficient (Wildman–Crippen LogP) is 6.16. The van der Waals surface area contributed by atoms with Crippen LogP contribution in [0.1, 0.15) is 80.6 Å². The fourth-order valence-electron chi connectivity index (χ4n) is 4.81. The van der Waals surface area contributed by atoms with Crippen LogP contribution in [0.15, 0.2) is 0 Å². The van der Waals surface area contributed by atoms with Gasteiger partial charge in [0.05, 0.1) is 0 Å². The van der Waals surface area contributed by atoms with Crippen molar-refractivity contribution in [2.45, 2.75) is 80.6 Å². The lowest BCUT2D eigenvalue weighted by molar-refractivity contribution is 0.0214. The molecular formula is C18H36. The van der Waals surface area contributed by atoms with E-state index in [9.17, 15) is 0 Å². The molecule has 1 aliphatic rings. The van der Waals surface area contributed by atoms with E-state index in [4.69, 9.17) is 0 Å². The molecule has 0 radical (unpaired) electrons. The molecule has 3 unspecified atom stereocenters. The van der Waals surface area contributed by atoms with Gasteiger partial charge in [-0.3, -0.25) is 0 Å². The molecule has 0 N–H and O–H groups in total. The largest absolute Gasteiger partial charge is 0.0651 e. The molecule has 0 nitrogen and oxygen atoms in total. The Kier molecular flexibility index (Phi) is 5.74. The summed E-state index contributed by atoms with van der Waals surface area (Å²) >= 11 is 0. The van der Waals surface area contributed by atoms with Crippen molar-refractivity contribution in [2.75, 3.05) is 0 Å². The van der Waals surface area contributed by atoms with Crippen LogP contribution in [0, 0.1) is 35.0 Å². The molecule has 108 valence electrons. The van der Waals surface area contributed by atoms with Crippen molar-refractivity contribution >= 4 is 0 Å². The van der Waals surface area contributed by atoms with E-state index in [0.717, 1.165) is 29.6 Å². The summed E-state index contributed by atoms with van der Waals surface area (Å²) in [5, 5.41) is 0. The summed E-state index contributed by atoms with van der Waals surface area (Å²) in [7, 11) is 0. The van der Waals surface area contributed by atoms with Gasteiger partial charge in [-0.25, -0.2) is 0 Å². The third kappa shape index (κ3) is 3.52. The van der Waals surface area contributed by atoms with E-state index in [1.54, 1.807) is 0 Å². The van der Waals surface area contributed by atoms with Crippen LogP contribution < -0.4 is 0 Å². The molecular weight excluding hydrogens is 216 g/mol. The van der Waals surface area contributed by atoms with Crippen molar-refractivity contribution in [2.24, 2.45) is 35.0 Å². The molecule has 0 heterocycles. The highest BCUT2D eigenvalue weighted by molar-refractivity contribution is 4.90. The van der Waals surface area contributed by atoms with Gasteiger partial charge in [-0.2, -0.15) is 0 Å². The fourth-order valence-corrected chi connectivity index (χ4v) is 4.81. The SMILES string of the molecule is CCC1CCCC(C)(C(C)C(C(C)C)C(C)C)C1. The zero-order valence-electron chi connectivity index (χ0n) is 13.9. The standard InChI is InChI=1S/C18H36/c1-8-16-10-9-11-18(7,12-16)15(6)17(13(2)3)14(4)5/h13-17H,8-12H2,1-7H3. The molecule has 0 bridgehead atoms.